The average Bonchev–Trinajstić information content (AvgIpc) is 2.59. The van der Waals surface area contributed by atoms with Crippen LogP contribution >= 0.6 is 0 Å². The summed E-state index contributed by atoms with van der Waals surface area (Å²) in [4.78, 5) is 0. The largest absolute Gasteiger partial charge is 0.474 e. The fourth-order valence-electron chi connectivity index (χ4n) is 1.38. The topological polar surface area (TPSA) is 61.3 Å². The van der Waals surface area contributed by atoms with E-state index in [0.29, 0.717) is 19.0 Å². The molecule has 0 bridgehead atoms. The molecule has 1 aromatic heterocycles. The van der Waals surface area contributed by atoms with Gasteiger partial charge >= 0.3 is 0 Å². The van der Waals surface area contributed by atoms with Crippen LogP contribution in [0.3, 0.4) is 0 Å². The second-order valence-electron chi connectivity index (χ2n) is 3.07. The molecule has 1 heterocycles. The molecule has 2 N–H and O–H groups in total. The monoisotopic (exact) mass is 192 g/mol. The standard InChI is InChI=1S/C10H12N2O2/c1-7-3-2-4-8-9(7)10(12-14-8)13-6-5-11/h2-4H,5-6,11H2,1H3. The molecule has 1 aromatic carbocycles. The molecule has 2 aromatic rings. The molecule has 0 aliphatic carbocycles. The number of hydrogen-bond donors (Lipinski definition) is 1. The van der Waals surface area contributed by atoms with Crippen LogP contribution in [0.25, 0.3) is 11.0 Å². The Kier molecular flexibility index (Phi) is 2.37. The number of aromatic nitrogens is 1. The number of nitrogens with two attached hydrogens (primary N) is 1. The van der Waals surface area contributed by atoms with Gasteiger partial charge in [0, 0.05) is 6.54 Å². The van der Waals surface area contributed by atoms with Gasteiger partial charge in [-0.05, 0) is 23.7 Å². The molecular weight excluding hydrogens is 180 g/mol. The molecule has 4 nitrogen and oxygen atoms in total. The normalized spacial score (nSPS) is 10.7. The first-order valence-electron chi connectivity index (χ1n) is 4.51. The maximum Gasteiger partial charge on any atom is 0.262 e. The molecular formula is C10H12N2O2. The maximum atomic E-state index is 5.36. The molecule has 0 fully saturated rings. The number of fused-ring (bicyclic) bond motifs is 1. The molecule has 0 unspecified atom stereocenters. The van der Waals surface area contributed by atoms with E-state index in [4.69, 9.17) is 15.0 Å². The highest BCUT2D eigenvalue weighted by Crippen LogP contribution is 2.27. The van der Waals surface area contributed by atoms with Crippen LogP contribution in [0.1, 0.15) is 5.56 Å². The first kappa shape index (κ1) is 9.02. The molecule has 4 heteroatoms. The molecule has 0 saturated heterocycles. The van der Waals surface area contributed by atoms with Crippen molar-refractivity contribution in [2.24, 2.45) is 5.73 Å². The van der Waals surface area contributed by atoms with E-state index in [1.54, 1.807) is 0 Å². The van der Waals surface area contributed by atoms with Crippen molar-refractivity contribution in [3.63, 3.8) is 0 Å². The average molecular weight is 192 g/mol. The van der Waals surface area contributed by atoms with Crippen LogP contribution in [-0.2, 0) is 0 Å². The van der Waals surface area contributed by atoms with E-state index in [2.05, 4.69) is 5.16 Å². The Hall–Kier alpha value is -1.55. The number of aryl methyl sites for hydroxylation is 1. The van der Waals surface area contributed by atoms with Crippen molar-refractivity contribution < 1.29 is 9.26 Å². The Bertz CT molecular complexity index is 437. The van der Waals surface area contributed by atoms with Gasteiger partial charge in [-0.2, -0.15) is 0 Å². The second-order valence-corrected chi connectivity index (χ2v) is 3.07. The highest BCUT2D eigenvalue weighted by Gasteiger charge is 2.10. The molecule has 0 atom stereocenters. The van der Waals surface area contributed by atoms with Crippen molar-refractivity contribution >= 4 is 11.0 Å². The predicted octanol–water partition coefficient (Wildman–Crippen LogP) is 1.47. The fraction of sp³-hybridized carbons (Fsp3) is 0.300. The van der Waals surface area contributed by atoms with Gasteiger partial charge in [-0.25, -0.2) is 0 Å². The molecule has 0 saturated carbocycles. The third-order valence-corrected chi connectivity index (χ3v) is 2.03. The van der Waals surface area contributed by atoms with Crippen LogP contribution in [0, 0.1) is 6.92 Å². The summed E-state index contributed by atoms with van der Waals surface area (Å²) in [5.41, 5.74) is 7.18. The van der Waals surface area contributed by atoms with Crippen molar-refractivity contribution in [3.8, 4) is 5.88 Å². The van der Waals surface area contributed by atoms with Crippen molar-refractivity contribution in [2.45, 2.75) is 6.92 Å². The first-order valence-corrected chi connectivity index (χ1v) is 4.51. The zero-order valence-corrected chi connectivity index (χ0v) is 7.99. The van der Waals surface area contributed by atoms with Crippen molar-refractivity contribution in [1.82, 2.24) is 5.16 Å². The number of rotatable bonds is 3. The highest BCUT2D eigenvalue weighted by atomic mass is 16.5. The summed E-state index contributed by atoms with van der Waals surface area (Å²) in [6.07, 6.45) is 0. The van der Waals surface area contributed by atoms with Crippen LogP contribution in [0.2, 0.25) is 0 Å². The predicted molar refractivity (Wildman–Crippen MR) is 53.3 cm³/mol. The van der Waals surface area contributed by atoms with Gasteiger partial charge in [0.15, 0.2) is 5.58 Å². The molecule has 14 heavy (non-hydrogen) atoms. The minimum absolute atomic E-state index is 0.454. The van der Waals surface area contributed by atoms with Crippen LogP contribution in [0.4, 0.5) is 0 Å². The zero-order chi connectivity index (χ0) is 9.97. The fourth-order valence-corrected chi connectivity index (χ4v) is 1.38. The summed E-state index contributed by atoms with van der Waals surface area (Å²) in [5.74, 6) is 0.531. The van der Waals surface area contributed by atoms with Crippen molar-refractivity contribution in [1.29, 1.82) is 0 Å². The summed E-state index contributed by atoms with van der Waals surface area (Å²) in [7, 11) is 0. The molecule has 0 aliphatic rings. The van der Waals surface area contributed by atoms with Gasteiger partial charge < -0.3 is 15.0 Å². The van der Waals surface area contributed by atoms with Gasteiger partial charge in [0.05, 0.1) is 5.39 Å². The summed E-state index contributed by atoms with van der Waals surface area (Å²) in [6, 6.07) is 5.79. The Morgan fingerprint density at radius 2 is 2.36 bits per heavy atom. The van der Waals surface area contributed by atoms with Gasteiger partial charge in [0.1, 0.15) is 6.61 Å². The minimum atomic E-state index is 0.454. The number of hydrogen-bond acceptors (Lipinski definition) is 4. The summed E-state index contributed by atoms with van der Waals surface area (Å²) in [5, 5.41) is 4.77. The molecule has 0 spiro atoms. The lowest BCUT2D eigenvalue weighted by Crippen LogP contribution is -2.10. The molecule has 0 aliphatic heterocycles. The molecule has 2 rings (SSSR count). The van der Waals surface area contributed by atoms with E-state index in [1.165, 1.54) is 0 Å². The summed E-state index contributed by atoms with van der Waals surface area (Å²) in [6.45, 7) is 2.92. The molecule has 0 amide bonds. The van der Waals surface area contributed by atoms with Crippen LogP contribution in [0.5, 0.6) is 5.88 Å². The maximum absolute atomic E-state index is 5.36. The van der Waals surface area contributed by atoms with Gasteiger partial charge in [0.25, 0.3) is 5.88 Å². The Balaban J connectivity index is 2.45. The quantitative estimate of drug-likeness (QED) is 0.800. The van der Waals surface area contributed by atoms with Gasteiger partial charge in [-0.15, -0.1) is 0 Å². The third-order valence-electron chi connectivity index (χ3n) is 2.03. The smallest absolute Gasteiger partial charge is 0.262 e. The van der Waals surface area contributed by atoms with E-state index < -0.39 is 0 Å². The Morgan fingerprint density at radius 1 is 1.50 bits per heavy atom. The van der Waals surface area contributed by atoms with E-state index >= 15 is 0 Å². The summed E-state index contributed by atoms with van der Waals surface area (Å²) < 4.78 is 10.5. The van der Waals surface area contributed by atoms with E-state index in [0.717, 1.165) is 16.5 Å². The van der Waals surface area contributed by atoms with E-state index in [-0.39, 0.29) is 0 Å². The third kappa shape index (κ3) is 1.44. The van der Waals surface area contributed by atoms with Crippen molar-refractivity contribution in [2.75, 3.05) is 13.2 Å². The van der Waals surface area contributed by atoms with Crippen molar-refractivity contribution in [3.05, 3.63) is 23.8 Å². The lowest BCUT2D eigenvalue weighted by Gasteiger charge is -2.00. The van der Waals surface area contributed by atoms with Gasteiger partial charge in [-0.3, -0.25) is 0 Å². The van der Waals surface area contributed by atoms with Gasteiger partial charge in [-0.1, -0.05) is 12.1 Å². The summed E-state index contributed by atoms with van der Waals surface area (Å²) >= 11 is 0. The first-order chi connectivity index (χ1) is 6.83. The molecule has 0 radical (unpaired) electrons. The van der Waals surface area contributed by atoms with E-state index in [1.807, 2.05) is 25.1 Å². The van der Waals surface area contributed by atoms with E-state index in [9.17, 15) is 0 Å². The lowest BCUT2D eigenvalue weighted by atomic mass is 10.1. The number of ether oxygens (including phenoxy) is 1. The van der Waals surface area contributed by atoms with Crippen LogP contribution < -0.4 is 10.5 Å². The Morgan fingerprint density at radius 3 is 3.14 bits per heavy atom. The number of benzene rings is 1. The number of nitrogens with zero attached hydrogens (tertiary/aromatic N) is 1. The van der Waals surface area contributed by atoms with Crippen LogP contribution in [0.15, 0.2) is 22.7 Å². The lowest BCUT2D eigenvalue weighted by molar-refractivity contribution is 0.293. The van der Waals surface area contributed by atoms with Crippen LogP contribution in [-0.4, -0.2) is 18.3 Å². The zero-order valence-electron chi connectivity index (χ0n) is 7.99. The minimum Gasteiger partial charge on any atom is -0.474 e. The highest BCUT2D eigenvalue weighted by molar-refractivity contribution is 5.85. The Labute approximate surface area is 81.6 Å². The van der Waals surface area contributed by atoms with Gasteiger partial charge in [0.2, 0.25) is 0 Å². The molecule has 74 valence electrons. The second kappa shape index (κ2) is 3.67. The SMILES string of the molecule is Cc1cccc2onc(OCCN)c12.